The van der Waals surface area contributed by atoms with Crippen LogP contribution in [-0.4, -0.2) is 54.3 Å². The summed E-state index contributed by atoms with van der Waals surface area (Å²) in [7, 11) is 0. The predicted molar refractivity (Wildman–Crippen MR) is 209 cm³/mol. The third-order valence-electron chi connectivity index (χ3n) is 8.22. The maximum Gasteiger partial charge on any atom is 0.338 e. The summed E-state index contributed by atoms with van der Waals surface area (Å²) in [6.45, 7) is 16.6. The zero-order chi connectivity index (χ0) is 40.9. The Bertz CT molecular complexity index is 1840. The molecule has 0 amide bonds. The van der Waals surface area contributed by atoms with Crippen LogP contribution in [0.4, 0.5) is 0 Å². The number of carboxylic acids is 4. The smallest absolute Gasteiger partial charge is 0.338 e. The largest absolute Gasteiger partial charge is 0.478 e. The van der Waals surface area contributed by atoms with Gasteiger partial charge in [-0.15, -0.1) is 0 Å². The molecule has 0 atom stereocenters. The molecule has 12 nitrogen and oxygen atoms in total. The molecule has 0 aliphatic rings. The van der Waals surface area contributed by atoms with Crippen molar-refractivity contribution in [3.05, 3.63) is 117 Å². The van der Waals surface area contributed by atoms with Gasteiger partial charge in [-0.2, -0.15) is 0 Å². The molecule has 0 saturated carbocycles. The lowest BCUT2D eigenvalue weighted by Crippen LogP contribution is -2.15. The van der Waals surface area contributed by atoms with Crippen LogP contribution in [-0.2, 0) is 35.5 Å². The molecule has 0 unspecified atom stereocenters. The van der Waals surface area contributed by atoms with E-state index in [4.69, 9.17) is 21.7 Å². The monoisotopic (exact) mass is 740 g/mol. The molecule has 54 heavy (non-hydrogen) atoms. The van der Waals surface area contributed by atoms with E-state index in [0.717, 1.165) is 57.6 Å². The molecule has 0 saturated heterocycles. The molecule has 0 aliphatic heterocycles. The van der Waals surface area contributed by atoms with Gasteiger partial charge in [0.25, 0.3) is 0 Å². The lowest BCUT2D eigenvalue weighted by molar-refractivity contribution is -0.134. The van der Waals surface area contributed by atoms with Gasteiger partial charge < -0.3 is 31.9 Å². The molecular formula is C42H52N4O8. The first-order valence-electron chi connectivity index (χ1n) is 17.5. The van der Waals surface area contributed by atoms with Crippen molar-refractivity contribution < 1.29 is 39.6 Å². The van der Waals surface area contributed by atoms with Crippen molar-refractivity contribution >= 4 is 23.9 Å². The van der Waals surface area contributed by atoms with Crippen LogP contribution in [0.2, 0.25) is 0 Å². The Morgan fingerprint density at radius 1 is 0.574 bits per heavy atom. The Morgan fingerprint density at radius 3 is 1.09 bits per heavy atom. The molecule has 12 heteroatoms. The third-order valence-corrected chi connectivity index (χ3v) is 8.22. The number of carboxylic acid groups (broad SMARTS) is 4. The average Bonchev–Trinajstić information content (AvgIpc) is 3.07. The summed E-state index contributed by atoms with van der Waals surface area (Å²) in [6, 6.07) is 15.8. The number of nitrogens with two attached hydrogens (primary N) is 2. The van der Waals surface area contributed by atoms with Gasteiger partial charge >= 0.3 is 23.9 Å². The SMILES string of the molecule is Cc1ccc(-c2c(CN)c(CC(C)C)nc(C)c2C(=O)O)cc1.Cc1ccc(-c2c(CN)c(CC(C)C)nc(C)c2C(=O)O)cc1.O=C(O)/C=C/C(=O)O. The summed E-state index contributed by atoms with van der Waals surface area (Å²) in [5, 5.41) is 35.0. The van der Waals surface area contributed by atoms with Crippen LogP contribution in [0.1, 0.15) is 93.4 Å². The number of nitrogens with zero attached hydrogens (tertiary/aromatic N) is 2. The summed E-state index contributed by atoms with van der Waals surface area (Å²) < 4.78 is 0. The normalized spacial score (nSPS) is 10.8. The lowest BCUT2D eigenvalue weighted by Gasteiger charge is -2.19. The molecule has 0 bridgehead atoms. The lowest BCUT2D eigenvalue weighted by atomic mass is 9.90. The van der Waals surface area contributed by atoms with E-state index in [2.05, 4.69) is 37.7 Å². The number of aromatic carboxylic acids is 2. The van der Waals surface area contributed by atoms with Crippen molar-refractivity contribution in [1.29, 1.82) is 0 Å². The first-order chi connectivity index (χ1) is 25.3. The molecule has 0 radical (unpaired) electrons. The van der Waals surface area contributed by atoms with E-state index in [1.807, 2.05) is 62.4 Å². The van der Waals surface area contributed by atoms with Crippen LogP contribution in [0.25, 0.3) is 22.3 Å². The molecule has 4 rings (SSSR count). The number of aromatic nitrogens is 2. The van der Waals surface area contributed by atoms with Gasteiger partial charge in [-0.1, -0.05) is 87.4 Å². The second-order valence-electron chi connectivity index (χ2n) is 13.7. The van der Waals surface area contributed by atoms with Crippen LogP contribution < -0.4 is 11.5 Å². The van der Waals surface area contributed by atoms with E-state index in [9.17, 15) is 29.4 Å². The second kappa shape index (κ2) is 20.5. The highest BCUT2D eigenvalue weighted by Gasteiger charge is 2.24. The Balaban J connectivity index is 0.000000312. The van der Waals surface area contributed by atoms with Crippen LogP contribution in [0.15, 0.2) is 60.7 Å². The average molecular weight is 741 g/mol. The van der Waals surface area contributed by atoms with E-state index >= 15 is 0 Å². The van der Waals surface area contributed by atoms with Crippen molar-refractivity contribution in [2.75, 3.05) is 0 Å². The fourth-order valence-corrected chi connectivity index (χ4v) is 5.90. The third kappa shape index (κ3) is 12.5. The number of hydrogen-bond donors (Lipinski definition) is 6. The van der Waals surface area contributed by atoms with Crippen molar-refractivity contribution in [2.24, 2.45) is 23.3 Å². The number of aliphatic carboxylic acids is 2. The molecular weight excluding hydrogens is 688 g/mol. The van der Waals surface area contributed by atoms with Gasteiger partial charge in [0.1, 0.15) is 0 Å². The van der Waals surface area contributed by atoms with Gasteiger partial charge in [-0.05, 0) is 74.6 Å². The second-order valence-corrected chi connectivity index (χ2v) is 13.7. The summed E-state index contributed by atoms with van der Waals surface area (Å²) in [6.07, 6.45) is 2.68. The Kier molecular flexibility index (Phi) is 16.9. The molecule has 0 aliphatic carbocycles. The summed E-state index contributed by atoms with van der Waals surface area (Å²) in [5.41, 5.74) is 22.5. The van der Waals surface area contributed by atoms with Gasteiger partial charge in [0.05, 0.1) is 22.5 Å². The Morgan fingerprint density at radius 2 is 0.870 bits per heavy atom. The molecule has 4 aromatic rings. The minimum absolute atomic E-state index is 0.252. The minimum Gasteiger partial charge on any atom is -0.478 e. The Labute approximate surface area is 316 Å². The van der Waals surface area contributed by atoms with E-state index in [0.29, 0.717) is 46.5 Å². The van der Waals surface area contributed by atoms with Crippen molar-refractivity contribution in [3.8, 4) is 22.3 Å². The van der Waals surface area contributed by atoms with Crippen LogP contribution >= 0.6 is 0 Å². The number of benzene rings is 2. The number of carbonyl (C=O) groups is 4. The van der Waals surface area contributed by atoms with Crippen LogP contribution in [0.3, 0.4) is 0 Å². The zero-order valence-corrected chi connectivity index (χ0v) is 32.2. The predicted octanol–water partition coefficient (Wildman–Crippen LogP) is 7.15. The Hall–Kier alpha value is -5.72. The van der Waals surface area contributed by atoms with E-state index < -0.39 is 23.9 Å². The molecule has 2 aromatic carbocycles. The van der Waals surface area contributed by atoms with Crippen LogP contribution in [0.5, 0.6) is 0 Å². The highest BCUT2D eigenvalue weighted by molar-refractivity contribution is 5.99. The molecule has 0 spiro atoms. The van der Waals surface area contributed by atoms with Crippen LogP contribution in [0, 0.1) is 39.5 Å². The standard InChI is InChI=1S/2C19H24N2O2.C4H4O4/c2*1-11(2)9-16-15(10-20)18(14-7-5-12(3)6-8-14)17(19(22)23)13(4)21-16;5-3(6)1-2-4(7)8/h2*5-8,11H,9-10,20H2,1-4H3,(H,22,23);1-2H,(H,5,6)(H,7,8)/b;;2-1+. The van der Waals surface area contributed by atoms with Gasteiger partial charge in [-0.25, -0.2) is 19.2 Å². The number of rotatable bonds is 12. The summed E-state index contributed by atoms with van der Waals surface area (Å²) in [5.74, 6) is -3.59. The molecule has 288 valence electrons. The summed E-state index contributed by atoms with van der Waals surface area (Å²) in [4.78, 5) is 51.8. The fraction of sp³-hybridized carbons (Fsp3) is 0.333. The highest BCUT2D eigenvalue weighted by atomic mass is 16.4. The van der Waals surface area contributed by atoms with Crippen molar-refractivity contribution in [2.45, 2.75) is 81.3 Å². The van der Waals surface area contributed by atoms with Gasteiger partial charge in [0, 0.05) is 47.8 Å². The number of hydrogen-bond acceptors (Lipinski definition) is 8. The first kappa shape index (κ1) is 44.4. The highest BCUT2D eigenvalue weighted by Crippen LogP contribution is 2.34. The topological polar surface area (TPSA) is 227 Å². The van der Waals surface area contributed by atoms with Gasteiger partial charge in [-0.3, -0.25) is 9.97 Å². The van der Waals surface area contributed by atoms with Crippen molar-refractivity contribution in [1.82, 2.24) is 9.97 Å². The molecule has 2 heterocycles. The quantitative estimate of drug-likeness (QED) is 0.0796. The van der Waals surface area contributed by atoms with E-state index in [1.54, 1.807) is 13.8 Å². The maximum atomic E-state index is 11.8. The molecule has 0 fully saturated rings. The summed E-state index contributed by atoms with van der Waals surface area (Å²) >= 11 is 0. The number of pyridine rings is 2. The maximum absolute atomic E-state index is 11.8. The zero-order valence-electron chi connectivity index (χ0n) is 32.2. The van der Waals surface area contributed by atoms with Crippen molar-refractivity contribution in [3.63, 3.8) is 0 Å². The van der Waals surface area contributed by atoms with E-state index in [1.165, 1.54) is 0 Å². The fourth-order valence-electron chi connectivity index (χ4n) is 5.90. The molecule has 2 aromatic heterocycles. The molecule has 8 N–H and O–H groups in total. The van der Waals surface area contributed by atoms with E-state index in [-0.39, 0.29) is 24.2 Å². The number of aryl methyl sites for hydroxylation is 4. The van der Waals surface area contributed by atoms with Gasteiger partial charge in [0.15, 0.2) is 0 Å². The minimum atomic E-state index is -1.26. The first-order valence-corrected chi connectivity index (χ1v) is 17.5. The van der Waals surface area contributed by atoms with Gasteiger partial charge in [0.2, 0.25) is 0 Å².